The van der Waals surface area contributed by atoms with Crippen LogP contribution in [0.15, 0.2) is 22.7 Å². The zero-order valence-electron chi connectivity index (χ0n) is 13.4. The minimum atomic E-state index is 0.376. The summed E-state index contributed by atoms with van der Waals surface area (Å²) < 4.78 is 1.10. The molecule has 1 unspecified atom stereocenters. The molecule has 1 nitrogen and oxygen atoms in total. The summed E-state index contributed by atoms with van der Waals surface area (Å²) in [5.41, 5.74) is 1.23. The van der Waals surface area contributed by atoms with Crippen LogP contribution in [0.2, 0.25) is 5.02 Å². The second-order valence-electron chi connectivity index (χ2n) is 5.73. The van der Waals surface area contributed by atoms with Crippen LogP contribution >= 0.6 is 27.5 Å². The second-order valence-corrected chi connectivity index (χ2v) is 7.05. The Bertz CT molecular complexity index is 395. The van der Waals surface area contributed by atoms with Gasteiger partial charge in [-0.2, -0.15) is 0 Å². The van der Waals surface area contributed by atoms with Crippen molar-refractivity contribution in [1.29, 1.82) is 0 Å². The van der Waals surface area contributed by atoms with Gasteiger partial charge >= 0.3 is 0 Å². The standard InChI is InChI=1S/C18H29BrClN/c1-3-5-6-7-8-9-10-18(21-13-4-2)16-14-15(19)11-12-17(16)20/h11-12,14,18,21H,3-10,13H2,1-2H3. The highest BCUT2D eigenvalue weighted by Crippen LogP contribution is 2.29. The molecule has 120 valence electrons. The first kappa shape index (κ1) is 19.0. The van der Waals surface area contributed by atoms with Crippen LogP contribution < -0.4 is 5.32 Å². The lowest BCUT2D eigenvalue weighted by Crippen LogP contribution is -2.22. The van der Waals surface area contributed by atoms with E-state index in [0.717, 1.165) is 22.5 Å². The number of hydrogen-bond donors (Lipinski definition) is 1. The first-order valence-electron chi connectivity index (χ1n) is 8.37. The summed E-state index contributed by atoms with van der Waals surface area (Å²) >= 11 is 9.95. The Morgan fingerprint density at radius 1 is 1.05 bits per heavy atom. The number of hydrogen-bond acceptors (Lipinski definition) is 1. The second kappa shape index (κ2) is 11.5. The summed E-state index contributed by atoms with van der Waals surface area (Å²) in [6.07, 6.45) is 10.3. The first-order valence-corrected chi connectivity index (χ1v) is 9.54. The Hall–Kier alpha value is -0.0500. The van der Waals surface area contributed by atoms with Crippen molar-refractivity contribution in [2.24, 2.45) is 0 Å². The van der Waals surface area contributed by atoms with Gasteiger partial charge in [-0.25, -0.2) is 0 Å². The van der Waals surface area contributed by atoms with Crippen molar-refractivity contribution in [2.45, 2.75) is 71.3 Å². The van der Waals surface area contributed by atoms with Gasteiger partial charge in [0.2, 0.25) is 0 Å². The fourth-order valence-electron chi connectivity index (χ4n) is 2.60. The SMILES string of the molecule is CCCCCCCCC(NCCC)c1cc(Br)ccc1Cl. The van der Waals surface area contributed by atoms with Gasteiger partial charge in [-0.1, -0.05) is 79.9 Å². The number of benzene rings is 1. The maximum absolute atomic E-state index is 6.39. The molecule has 0 saturated heterocycles. The molecule has 1 aromatic rings. The van der Waals surface area contributed by atoms with Crippen LogP contribution in [0.3, 0.4) is 0 Å². The molecule has 0 heterocycles. The highest BCUT2D eigenvalue weighted by molar-refractivity contribution is 9.10. The van der Waals surface area contributed by atoms with E-state index in [4.69, 9.17) is 11.6 Å². The zero-order valence-corrected chi connectivity index (χ0v) is 15.8. The van der Waals surface area contributed by atoms with Crippen LogP contribution in [0.4, 0.5) is 0 Å². The molecule has 0 aliphatic heterocycles. The minimum Gasteiger partial charge on any atom is -0.310 e. The Labute approximate surface area is 144 Å². The van der Waals surface area contributed by atoms with E-state index in [2.05, 4.69) is 41.2 Å². The van der Waals surface area contributed by atoms with Crippen molar-refractivity contribution in [3.63, 3.8) is 0 Å². The molecule has 0 bridgehead atoms. The maximum Gasteiger partial charge on any atom is 0.0454 e. The van der Waals surface area contributed by atoms with Crippen LogP contribution in [0.25, 0.3) is 0 Å². The number of rotatable bonds is 11. The summed E-state index contributed by atoms with van der Waals surface area (Å²) in [4.78, 5) is 0. The molecule has 0 saturated carbocycles. The van der Waals surface area contributed by atoms with Gasteiger partial charge < -0.3 is 5.32 Å². The van der Waals surface area contributed by atoms with Crippen LogP contribution in [0.1, 0.15) is 76.8 Å². The Morgan fingerprint density at radius 2 is 1.76 bits per heavy atom. The summed E-state index contributed by atoms with van der Waals surface area (Å²) in [7, 11) is 0. The minimum absolute atomic E-state index is 0.376. The molecular formula is C18H29BrClN. The molecule has 0 radical (unpaired) electrons. The van der Waals surface area contributed by atoms with Crippen molar-refractivity contribution in [3.8, 4) is 0 Å². The molecule has 0 fully saturated rings. The normalized spacial score (nSPS) is 12.6. The average Bonchev–Trinajstić information content (AvgIpc) is 2.48. The topological polar surface area (TPSA) is 12.0 Å². The molecule has 1 aromatic carbocycles. The van der Waals surface area contributed by atoms with Crippen LogP contribution in [-0.4, -0.2) is 6.54 Å². The highest BCUT2D eigenvalue weighted by Gasteiger charge is 2.14. The average molecular weight is 375 g/mol. The molecule has 0 spiro atoms. The molecule has 0 aliphatic rings. The predicted octanol–water partition coefficient (Wildman–Crippen LogP) is 6.89. The van der Waals surface area contributed by atoms with Gasteiger partial charge in [-0.05, 0) is 43.1 Å². The monoisotopic (exact) mass is 373 g/mol. The number of halogens is 2. The highest BCUT2D eigenvalue weighted by atomic mass is 79.9. The van der Waals surface area contributed by atoms with Crippen LogP contribution in [0, 0.1) is 0 Å². The molecule has 3 heteroatoms. The van der Waals surface area contributed by atoms with Crippen molar-refractivity contribution in [3.05, 3.63) is 33.3 Å². The van der Waals surface area contributed by atoms with Crippen molar-refractivity contribution < 1.29 is 0 Å². The molecule has 1 atom stereocenters. The van der Waals surface area contributed by atoms with Gasteiger partial charge in [0.1, 0.15) is 0 Å². The van der Waals surface area contributed by atoms with Gasteiger partial charge in [0, 0.05) is 15.5 Å². The Morgan fingerprint density at radius 3 is 2.48 bits per heavy atom. The number of nitrogens with one attached hydrogen (secondary N) is 1. The summed E-state index contributed by atoms with van der Waals surface area (Å²) in [6.45, 7) is 5.51. The molecule has 0 aliphatic carbocycles. The summed E-state index contributed by atoms with van der Waals surface area (Å²) in [5, 5.41) is 4.52. The Balaban J connectivity index is 2.52. The van der Waals surface area contributed by atoms with E-state index in [1.54, 1.807) is 0 Å². The fraction of sp³-hybridized carbons (Fsp3) is 0.667. The van der Waals surface area contributed by atoms with Crippen molar-refractivity contribution in [2.75, 3.05) is 6.54 Å². The lowest BCUT2D eigenvalue weighted by atomic mass is 9.99. The quantitative estimate of drug-likeness (QED) is 0.416. The van der Waals surface area contributed by atoms with Crippen LogP contribution in [0.5, 0.6) is 0 Å². The van der Waals surface area contributed by atoms with Gasteiger partial charge in [-0.15, -0.1) is 0 Å². The van der Waals surface area contributed by atoms with E-state index >= 15 is 0 Å². The van der Waals surface area contributed by atoms with E-state index < -0.39 is 0 Å². The van der Waals surface area contributed by atoms with E-state index in [-0.39, 0.29) is 0 Å². The van der Waals surface area contributed by atoms with Gasteiger partial charge in [0.25, 0.3) is 0 Å². The lowest BCUT2D eigenvalue weighted by molar-refractivity contribution is 0.466. The van der Waals surface area contributed by atoms with E-state index in [9.17, 15) is 0 Å². The molecule has 1 rings (SSSR count). The molecule has 0 amide bonds. The first-order chi connectivity index (χ1) is 10.2. The molecule has 21 heavy (non-hydrogen) atoms. The predicted molar refractivity (Wildman–Crippen MR) is 98.2 cm³/mol. The zero-order chi connectivity index (χ0) is 15.5. The third-order valence-corrected chi connectivity index (χ3v) is 4.66. The van der Waals surface area contributed by atoms with Crippen molar-refractivity contribution in [1.82, 2.24) is 5.32 Å². The van der Waals surface area contributed by atoms with Crippen LogP contribution in [-0.2, 0) is 0 Å². The lowest BCUT2D eigenvalue weighted by Gasteiger charge is -2.20. The third-order valence-electron chi connectivity index (χ3n) is 3.82. The third kappa shape index (κ3) is 7.67. The summed E-state index contributed by atoms with van der Waals surface area (Å²) in [6, 6.07) is 6.53. The Kier molecular flexibility index (Phi) is 10.4. The summed E-state index contributed by atoms with van der Waals surface area (Å²) in [5.74, 6) is 0. The van der Waals surface area contributed by atoms with Gasteiger partial charge in [0.05, 0.1) is 0 Å². The van der Waals surface area contributed by atoms with E-state index in [1.165, 1.54) is 50.5 Å². The van der Waals surface area contributed by atoms with Gasteiger partial charge in [0.15, 0.2) is 0 Å². The molecular weight excluding hydrogens is 346 g/mol. The largest absolute Gasteiger partial charge is 0.310 e. The number of unbranched alkanes of at least 4 members (excludes halogenated alkanes) is 5. The van der Waals surface area contributed by atoms with Crippen molar-refractivity contribution >= 4 is 27.5 Å². The molecule has 0 aromatic heterocycles. The smallest absolute Gasteiger partial charge is 0.0454 e. The van der Waals surface area contributed by atoms with Gasteiger partial charge in [-0.3, -0.25) is 0 Å². The maximum atomic E-state index is 6.39. The molecule has 1 N–H and O–H groups in total. The van der Waals surface area contributed by atoms with E-state index in [0.29, 0.717) is 6.04 Å². The van der Waals surface area contributed by atoms with E-state index in [1.807, 2.05) is 12.1 Å². The fourth-order valence-corrected chi connectivity index (χ4v) is 3.22.